The van der Waals surface area contributed by atoms with E-state index in [0.717, 1.165) is 5.56 Å². The van der Waals surface area contributed by atoms with E-state index in [1.807, 2.05) is 19.1 Å². The summed E-state index contributed by atoms with van der Waals surface area (Å²) in [6.07, 6.45) is 3.39. The molecule has 1 aromatic heterocycles. The molecule has 4 N–H and O–H groups in total. The van der Waals surface area contributed by atoms with Crippen molar-refractivity contribution >= 4 is 17.3 Å². The number of benzene rings is 1. The minimum atomic E-state index is -1.00. The average Bonchev–Trinajstić information content (AvgIpc) is 2.41. The predicted octanol–water partition coefficient (Wildman–Crippen LogP) is 2.54. The van der Waals surface area contributed by atoms with Crippen LogP contribution in [0.25, 0.3) is 0 Å². The first kappa shape index (κ1) is 12.9. The van der Waals surface area contributed by atoms with Crippen LogP contribution in [-0.2, 0) is 0 Å². The van der Waals surface area contributed by atoms with Crippen LogP contribution in [-0.4, -0.2) is 16.1 Å². The van der Waals surface area contributed by atoms with Crippen molar-refractivity contribution in [2.24, 2.45) is 0 Å². The van der Waals surface area contributed by atoms with Crippen molar-refractivity contribution in [3.8, 4) is 0 Å². The molecule has 98 valence electrons. The van der Waals surface area contributed by atoms with Gasteiger partial charge in [-0.05, 0) is 36.8 Å². The van der Waals surface area contributed by atoms with Gasteiger partial charge in [-0.1, -0.05) is 6.07 Å². The zero-order valence-electron chi connectivity index (χ0n) is 10.5. The molecule has 0 fully saturated rings. The lowest BCUT2D eigenvalue weighted by molar-refractivity contribution is 0.0698. The number of nitrogens with one attached hydrogen (secondary N) is 1. The number of hydrogen-bond donors (Lipinski definition) is 3. The first-order chi connectivity index (χ1) is 9.09. The van der Waals surface area contributed by atoms with Gasteiger partial charge in [0.2, 0.25) is 0 Å². The number of anilines is 2. The largest absolute Gasteiger partial charge is 0.478 e. The van der Waals surface area contributed by atoms with Gasteiger partial charge in [0.1, 0.15) is 0 Å². The lowest BCUT2D eigenvalue weighted by Gasteiger charge is -2.18. The number of aromatic carboxylic acids is 1. The van der Waals surface area contributed by atoms with E-state index in [1.54, 1.807) is 24.5 Å². The number of rotatable bonds is 4. The third kappa shape index (κ3) is 2.82. The van der Waals surface area contributed by atoms with Crippen molar-refractivity contribution in [2.75, 3.05) is 11.1 Å². The number of carboxylic acid groups (broad SMARTS) is 1. The molecule has 5 nitrogen and oxygen atoms in total. The standard InChI is InChI=1S/C14H15N3O2/c1-9(10-5-7-16-8-6-10)17-13-11(14(18)19)3-2-4-12(13)15/h2-9,17H,15H2,1H3,(H,18,19). The summed E-state index contributed by atoms with van der Waals surface area (Å²) in [5.74, 6) is -1.00. The highest BCUT2D eigenvalue weighted by molar-refractivity contribution is 5.97. The second-order valence-corrected chi connectivity index (χ2v) is 4.22. The molecule has 0 spiro atoms. The molecule has 0 bridgehead atoms. The molecule has 1 atom stereocenters. The Bertz CT molecular complexity index is 584. The maximum atomic E-state index is 11.2. The summed E-state index contributed by atoms with van der Waals surface area (Å²) in [7, 11) is 0. The van der Waals surface area contributed by atoms with E-state index in [-0.39, 0.29) is 11.6 Å². The Hall–Kier alpha value is -2.56. The minimum absolute atomic E-state index is 0.0641. The number of carbonyl (C=O) groups is 1. The third-order valence-electron chi connectivity index (χ3n) is 2.89. The zero-order valence-corrected chi connectivity index (χ0v) is 10.5. The summed E-state index contributed by atoms with van der Waals surface area (Å²) in [6, 6.07) is 8.51. The van der Waals surface area contributed by atoms with Crippen LogP contribution in [0.5, 0.6) is 0 Å². The monoisotopic (exact) mass is 257 g/mol. The number of pyridine rings is 1. The van der Waals surface area contributed by atoms with E-state index in [2.05, 4.69) is 10.3 Å². The van der Waals surface area contributed by atoms with E-state index < -0.39 is 5.97 Å². The molecule has 0 radical (unpaired) electrons. The van der Waals surface area contributed by atoms with Gasteiger partial charge in [0.05, 0.1) is 16.9 Å². The molecule has 1 unspecified atom stereocenters. The summed E-state index contributed by atoms with van der Waals surface area (Å²) < 4.78 is 0. The molecular formula is C14H15N3O2. The van der Waals surface area contributed by atoms with E-state index in [1.165, 1.54) is 6.07 Å². The smallest absolute Gasteiger partial charge is 0.337 e. The lowest BCUT2D eigenvalue weighted by Crippen LogP contribution is -2.12. The Morgan fingerprint density at radius 2 is 2.00 bits per heavy atom. The van der Waals surface area contributed by atoms with Crippen LogP contribution in [0.3, 0.4) is 0 Å². The third-order valence-corrected chi connectivity index (χ3v) is 2.89. The van der Waals surface area contributed by atoms with E-state index in [4.69, 9.17) is 10.8 Å². The van der Waals surface area contributed by atoms with Gasteiger partial charge in [0.25, 0.3) is 0 Å². The fourth-order valence-corrected chi connectivity index (χ4v) is 1.86. The molecule has 1 heterocycles. The van der Waals surface area contributed by atoms with Gasteiger partial charge in [-0.2, -0.15) is 0 Å². The molecular weight excluding hydrogens is 242 g/mol. The molecule has 0 saturated carbocycles. The van der Waals surface area contributed by atoms with Gasteiger partial charge in [-0.25, -0.2) is 4.79 Å². The van der Waals surface area contributed by atoms with Gasteiger partial charge in [0, 0.05) is 18.4 Å². The molecule has 1 aromatic carbocycles. The fourth-order valence-electron chi connectivity index (χ4n) is 1.86. The van der Waals surface area contributed by atoms with Crippen LogP contribution >= 0.6 is 0 Å². The lowest BCUT2D eigenvalue weighted by atomic mass is 10.1. The molecule has 0 saturated heterocycles. The van der Waals surface area contributed by atoms with E-state index in [9.17, 15) is 4.79 Å². The molecule has 5 heteroatoms. The van der Waals surface area contributed by atoms with Gasteiger partial charge in [-0.3, -0.25) is 4.98 Å². The van der Waals surface area contributed by atoms with Gasteiger partial charge in [-0.15, -0.1) is 0 Å². The maximum Gasteiger partial charge on any atom is 0.337 e. The SMILES string of the molecule is CC(Nc1c(N)cccc1C(=O)O)c1ccncc1. The van der Waals surface area contributed by atoms with Crippen LogP contribution in [0.2, 0.25) is 0 Å². The van der Waals surface area contributed by atoms with Crippen molar-refractivity contribution in [3.05, 3.63) is 53.9 Å². The van der Waals surface area contributed by atoms with Crippen LogP contribution < -0.4 is 11.1 Å². The molecule has 0 aliphatic heterocycles. The molecule has 0 aliphatic carbocycles. The molecule has 19 heavy (non-hydrogen) atoms. The Morgan fingerprint density at radius 1 is 1.32 bits per heavy atom. The summed E-state index contributed by atoms with van der Waals surface area (Å²) >= 11 is 0. The first-order valence-corrected chi connectivity index (χ1v) is 5.88. The number of nitrogens with zero attached hydrogens (tertiary/aromatic N) is 1. The first-order valence-electron chi connectivity index (χ1n) is 5.88. The highest BCUT2D eigenvalue weighted by atomic mass is 16.4. The van der Waals surface area contributed by atoms with Crippen molar-refractivity contribution in [2.45, 2.75) is 13.0 Å². The quantitative estimate of drug-likeness (QED) is 0.732. The van der Waals surface area contributed by atoms with Gasteiger partial charge in [0.15, 0.2) is 0 Å². The van der Waals surface area contributed by atoms with Crippen LogP contribution in [0, 0.1) is 0 Å². The normalized spacial score (nSPS) is 11.8. The number of nitrogen functional groups attached to an aromatic ring is 1. The Morgan fingerprint density at radius 3 is 2.63 bits per heavy atom. The van der Waals surface area contributed by atoms with Crippen LogP contribution in [0.4, 0.5) is 11.4 Å². The second-order valence-electron chi connectivity index (χ2n) is 4.22. The second kappa shape index (κ2) is 5.39. The van der Waals surface area contributed by atoms with Gasteiger partial charge >= 0.3 is 5.97 Å². The highest BCUT2D eigenvalue weighted by Gasteiger charge is 2.15. The number of para-hydroxylation sites is 1. The summed E-state index contributed by atoms with van der Waals surface area (Å²) in [5, 5.41) is 12.3. The predicted molar refractivity (Wildman–Crippen MR) is 74.1 cm³/mol. The summed E-state index contributed by atoms with van der Waals surface area (Å²) in [4.78, 5) is 15.1. The average molecular weight is 257 g/mol. The fraction of sp³-hybridized carbons (Fsp3) is 0.143. The van der Waals surface area contributed by atoms with E-state index >= 15 is 0 Å². The Kier molecular flexibility index (Phi) is 3.66. The number of aromatic nitrogens is 1. The van der Waals surface area contributed by atoms with Crippen LogP contribution in [0.1, 0.15) is 28.9 Å². The van der Waals surface area contributed by atoms with Crippen LogP contribution in [0.15, 0.2) is 42.7 Å². The highest BCUT2D eigenvalue weighted by Crippen LogP contribution is 2.27. The Balaban J connectivity index is 2.31. The summed E-state index contributed by atoms with van der Waals surface area (Å²) in [5.41, 5.74) is 7.88. The molecule has 2 aromatic rings. The van der Waals surface area contributed by atoms with E-state index in [0.29, 0.717) is 11.4 Å². The van der Waals surface area contributed by atoms with Gasteiger partial charge < -0.3 is 16.2 Å². The molecule has 0 aliphatic rings. The Labute approximate surface area is 111 Å². The topological polar surface area (TPSA) is 88.2 Å². The number of hydrogen-bond acceptors (Lipinski definition) is 4. The molecule has 0 amide bonds. The summed E-state index contributed by atoms with van der Waals surface area (Å²) in [6.45, 7) is 1.94. The van der Waals surface area contributed by atoms with Crippen molar-refractivity contribution < 1.29 is 9.90 Å². The van der Waals surface area contributed by atoms with Crippen molar-refractivity contribution in [1.82, 2.24) is 4.98 Å². The zero-order chi connectivity index (χ0) is 13.8. The number of carboxylic acids is 1. The van der Waals surface area contributed by atoms with Crippen molar-refractivity contribution in [3.63, 3.8) is 0 Å². The van der Waals surface area contributed by atoms with Crippen molar-refractivity contribution in [1.29, 1.82) is 0 Å². The molecule has 2 rings (SSSR count). The number of nitrogens with two attached hydrogens (primary N) is 1. The minimum Gasteiger partial charge on any atom is -0.478 e. The maximum absolute atomic E-state index is 11.2.